The Morgan fingerprint density at radius 3 is 1.55 bits per heavy atom. The molecule has 2 aromatic rings. The van der Waals surface area contributed by atoms with Crippen LogP contribution in [0.25, 0.3) is 10.8 Å². The van der Waals surface area contributed by atoms with Gasteiger partial charge in [0.15, 0.2) is 0 Å². The van der Waals surface area contributed by atoms with Crippen LogP contribution in [0.3, 0.4) is 0 Å². The monoisotopic (exact) mass is 276 g/mol. The molecular formula is C16H20O4. The van der Waals surface area contributed by atoms with Gasteiger partial charge in [-0.3, -0.25) is 0 Å². The van der Waals surface area contributed by atoms with Crippen LogP contribution in [-0.2, 0) is 0 Å². The highest BCUT2D eigenvalue weighted by Gasteiger charge is 2.09. The van der Waals surface area contributed by atoms with Gasteiger partial charge in [0, 0.05) is 10.8 Å². The van der Waals surface area contributed by atoms with Crippen molar-refractivity contribution < 1.29 is 19.7 Å². The van der Waals surface area contributed by atoms with E-state index in [-0.39, 0.29) is 13.2 Å². The van der Waals surface area contributed by atoms with Crippen molar-refractivity contribution in [2.75, 3.05) is 13.2 Å². The third-order valence-corrected chi connectivity index (χ3v) is 2.80. The summed E-state index contributed by atoms with van der Waals surface area (Å²) < 4.78 is 11.2. The second-order valence-electron chi connectivity index (χ2n) is 4.93. The summed E-state index contributed by atoms with van der Waals surface area (Å²) in [5.41, 5.74) is 0. The molecular weight excluding hydrogens is 256 g/mol. The predicted octanol–water partition coefficient (Wildman–Crippen LogP) is 2.36. The van der Waals surface area contributed by atoms with Gasteiger partial charge in [-0.25, -0.2) is 0 Å². The van der Waals surface area contributed by atoms with Crippen molar-refractivity contribution in [2.45, 2.75) is 26.1 Å². The van der Waals surface area contributed by atoms with Gasteiger partial charge in [-0.05, 0) is 26.0 Å². The Morgan fingerprint density at radius 2 is 1.20 bits per heavy atom. The van der Waals surface area contributed by atoms with Gasteiger partial charge in [-0.15, -0.1) is 0 Å². The van der Waals surface area contributed by atoms with E-state index in [0.717, 1.165) is 10.8 Å². The van der Waals surface area contributed by atoms with E-state index in [4.69, 9.17) is 9.47 Å². The summed E-state index contributed by atoms with van der Waals surface area (Å²) >= 11 is 0. The Hall–Kier alpha value is -1.78. The van der Waals surface area contributed by atoms with Crippen LogP contribution in [0.1, 0.15) is 13.8 Å². The summed E-state index contributed by atoms with van der Waals surface area (Å²) in [6.45, 7) is 3.86. The maximum Gasteiger partial charge on any atom is 0.127 e. The first-order valence-corrected chi connectivity index (χ1v) is 6.71. The predicted molar refractivity (Wildman–Crippen MR) is 78.3 cm³/mol. The van der Waals surface area contributed by atoms with Crippen LogP contribution in [0.4, 0.5) is 0 Å². The highest BCUT2D eigenvalue weighted by molar-refractivity contribution is 5.93. The number of hydrogen-bond acceptors (Lipinski definition) is 4. The minimum atomic E-state index is -0.514. The van der Waals surface area contributed by atoms with Gasteiger partial charge >= 0.3 is 0 Å². The highest BCUT2D eigenvalue weighted by Crippen LogP contribution is 2.33. The van der Waals surface area contributed by atoms with Crippen LogP contribution in [-0.4, -0.2) is 35.6 Å². The van der Waals surface area contributed by atoms with Gasteiger partial charge in [-0.1, -0.05) is 24.3 Å². The first kappa shape index (κ1) is 14.6. The van der Waals surface area contributed by atoms with Crippen molar-refractivity contribution in [1.29, 1.82) is 0 Å². The molecule has 0 saturated carbocycles. The van der Waals surface area contributed by atoms with Crippen molar-refractivity contribution in [1.82, 2.24) is 0 Å². The molecule has 0 aliphatic rings. The Morgan fingerprint density at radius 1 is 0.800 bits per heavy atom. The molecule has 0 fully saturated rings. The SMILES string of the molecule is C[C@@H](O)COc1ccc(OC[C@@H](C)O)c2ccccc12. The second-order valence-corrected chi connectivity index (χ2v) is 4.93. The Kier molecular flexibility index (Phi) is 4.82. The lowest BCUT2D eigenvalue weighted by molar-refractivity contribution is 0.122. The van der Waals surface area contributed by atoms with Crippen LogP contribution in [0, 0.1) is 0 Å². The zero-order chi connectivity index (χ0) is 14.5. The fourth-order valence-electron chi connectivity index (χ4n) is 1.92. The van der Waals surface area contributed by atoms with Crippen LogP contribution in [0.15, 0.2) is 36.4 Å². The third kappa shape index (κ3) is 3.62. The first-order chi connectivity index (χ1) is 9.58. The maximum absolute atomic E-state index is 9.31. The summed E-state index contributed by atoms with van der Waals surface area (Å²) in [6.07, 6.45) is -1.03. The van der Waals surface area contributed by atoms with Gasteiger partial charge in [0.1, 0.15) is 24.7 Å². The fraction of sp³-hybridized carbons (Fsp3) is 0.375. The van der Waals surface area contributed by atoms with E-state index in [1.807, 2.05) is 36.4 Å². The molecule has 0 aliphatic heterocycles. The van der Waals surface area contributed by atoms with Crippen LogP contribution >= 0.6 is 0 Å². The van der Waals surface area contributed by atoms with Gasteiger partial charge in [-0.2, -0.15) is 0 Å². The largest absolute Gasteiger partial charge is 0.490 e. The lowest BCUT2D eigenvalue weighted by Gasteiger charge is -2.15. The van der Waals surface area contributed by atoms with E-state index < -0.39 is 12.2 Å². The van der Waals surface area contributed by atoms with E-state index in [9.17, 15) is 10.2 Å². The number of ether oxygens (including phenoxy) is 2. The Bertz CT molecular complexity index is 513. The van der Waals surface area contributed by atoms with Gasteiger partial charge in [0.05, 0.1) is 12.2 Å². The standard InChI is InChI=1S/C16H20O4/c1-11(17)9-19-15-7-8-16(20-10-12(2)18)14-6-4-3-5-13(14)15/h3-8,11-12,17-18H,9-10H2,1-2H3/t11-,12-/m1/s1. The molecule has 108 valence electrons. The molecule has 2 atom stereocenters. The molecule has 2 aromatic carbocycles. The molecule has 4 heteroatoms. The number of aliphatic hydroxyl groups is 2. The normalized spacial score (nSPS) is 14.0. The molecule has 2 rings (SSSR count). The van der Waals surface area contributed by atoms with E-state index in [2.05, 4.69) is 0 Å². The average molecular weight is 276 g/mol. The topological polar surface area (TPSA) is 58.9 Å². The molecule has 0 heterocycles. The molecule has 20 heavy (non-hydrogen) atoms. The lowest BCUT2D eigenvalue weighted by Crippen LogP contribution is -2.14. The minimum absolute atomic E-state index is 0.248. The molecule has 0 aliphatic carbocycles. The minimum Gasteiger partial charge on any atom is -0.490 e. The first-order valence-electron chi connectivity index (χ1n) is 6.71. The quantitative estimate of drug-likeness (QED) is 0.850. The van der Waals surface area contributed by atoms with Crippen LogP contribution in [0.5, 0.6) is 11.5 Å². The summed E-state index contributed by atoms with van der Waals surface area (Å²) in [5.74, 6) is 1.43. The van der Waals surface area contributed by atoms with Gasteiger partial charge in [0.2, 0.25) is 0 Å². The van der Waals surface area contributed by atoms with Crippen molar-refractivity contribution in [3.63, 3.8) is 0 Å². The van der Waals surface area contributed by atoms with E-state index in [1.54, 1.807) is 13.8 Å². The molecule has 4 nitrogen and oxygen atoms in total. The number of rotatable bonds is 6. The van der Waals surface area contributed by atoms with Gasteiger partial charge < -0.3 is 19.7 Å². The lowest BCUT2D eigenvalue weighted by atomic mass is 10.1. The summed E-state index contributed by atoms with van der Waals surface area (Å²) in [6, 6.07) is 11.4. The number of hydrogen-bond donors (Lipinski definition) is 2. The highest BCUT2D eigenvalue weighted by atomic mass is 16.5. The van der Waals surface area contributed by atoms with Crippen LogP contribution in [0.2, 0.25) is 0 Å². The second kappa shape index (κ2) is 6.59. The van der Waals surface area contributed by atoms with Gasteiger partial charge in [0.25, 0.3) is 0 Å². The smallest absolute Gasteiger partial charge is 0.127 e. The molecule has 0 aromatic heterocycles. The Labute approximate surface area is 118 Å². The van der Waals surface area contributed by atoms with E-state index in [0.29, 0.717) is 11.5 Å². The molecule has 0 saturated heterocycles. The molecule has 0 radical (unpaired) electrons. The third-order valence-electron chi connectivity index (χ3n) is 2.80. The summed E-state index contributed by atoms with van der Waals surface area (Å²) in [7, 11) is 0. The van der Waals surface area contributed by atoms with Crippen molar-refractivity contribution in [3.8, 4) is 11.5 Å². The molecule has 2 N–H and O–H groups in total. The molecule has 0 spiro atoms. The number of fused-ring (bicyclic) bond motifs is 1. The summed E-state index contributed by atoms with van der Waals surface area (Å²) in [4.78, 5) is 0. The fourth-order valence-corrected chi connectivity index (χ4v) is 1.92. The maximum atomic E-state index is 9.31. The van der Waals surface area contributed by atoms with Crippen molar-refractivity contribution in [3.05, 3.63) is 36.4 Å². The summed E-state index contributed by atoms with van der Waals surface area (Å²) in [5, 5.41) is 20.5. The molecule has 0 bridgehead atoms. The molecule has 0 unspecified atom stereocenters. The zero-order valence-corrected chi connectivity index (χ0v) is 11.7. The Balaban J connectivity index is 2.31. The average Bonchev–Trinajstić information content (AvgIpc) is 2.43. The van der Waals surface area contributed by atoms with Crippen LogP contribution < -0.4 is 9.47 Å². The van der Waals surface area contributed by atoms with Crippen molar-refractivity contribution in [2.24, 2.45) is 0 Å². The number of benzene rings is 2. The zero-order valence-electron chi connectivity index (χ0n) is 11.7. The number of aliphatic hydroxyl groups excluding tert-OH is 2. The van der Waals surface area contributed by atoms with E-state index in [1.165, 1.54) is 0 Å². The molecule has 0 amide bonds. The van der Waals surface area contributed by atoms with Crippen molar-refractivity contribution >= 4 is 10.8 Å². The van der Waals surface area contributed by atoms with E-state index >= 15 is 0 Å².